The van der Waals surface area contributed by atoms with Crippen LogP contribution in [0.1, 0.15) is 27.9 Å². The van der Waals surface area contributed by atoms with Gasteiger partial charge < -0.3 is 10.1 Å². The molecule has 2 aromatic rings. The van der Waals surface area contributed by atoms with Crippen LogP contribution in [0.2, 0.25) is 0 Å². The summed E-state index contributed by atoms with van der Waals surface area (Å²) < 4.78 is 5.83. The van der Waals surface area contributed by atoms with Gasteiger partial charge in [0.25, 0.3) is 0 Å². The van der Waals surface area contributed by atoms with Gasteiger partial charge in [0.1, 0.15) is 15.8 Å². The van der Waals surface area contributed by atoms with E-state index in [2.05, 4.69) is 27.6 Å². The van der Waals surface area contributed by atoms with Crippen LogP contribution < -0.4 is 10.1 Å². The maximum absolute atomic E-state index is 5.83. The van der Waals surface area contributed by atoms with Crippen LogP contribution >= 0.6 is 11.3 Å². The van der Waals surface area contributed by atoms with E-state index in [1.165, 1.54) is 5.56 Å². The Morgan fingerprint density at radius 1 is 1.35 bits per heavy atom. The summed E-state index contributed by atoms with van der Waals surface area (Å²) in [6.07, 6.45) is 3.11. The number of hydrogen-bond donors (Lipinski definition) is 1. The number of para-hydroxylation sites is 1. The van der Waals surface area contributed by atoms with Gasteiger partial charge in [0.2, 0.25) is 0 Å². The summed E-state index contributed by atoms with van der Waals surface area (Å²) in [5.74, 6) is 1.36. The highest BCUT2D eigenvalue weighted by Crippen LogP contribution is 2.33. The molecule has 1 aliphatic rings. The molecule has 0 spiro atoms. The molecule has 0 bridgehead atoms. The summed E-state index contributed by atoms with van der Waals surface area (Å²) in [6, 6.07) is 8.25. The first-order chi connectivity index (χ1) is 9.86. The quantitative estimate of drug-likeness (QED) is 0.859. The maximum atomic E-state index is 5.83. The highest BCUT2D eigenvalue weighted by Gasteiger charge is 2.24. The van der Waals surface area contributed by atoms with E-state index in [1.54, 1.807) is 11.3 Å². The molecule has 0 radical (unpaired) electrons. The molecule has 0 aliphatic carbocycles. The van der Waals surface area contributed by atoms with Crippen LogP contribution in [0, 0.1) is 0 Å². The molecule has 1 aliphatic heterocycles. The minimum Gasteiger partial charge on any atom is -0.493 e. The van der Waals surface area contributed by atoms with Crippen molar-refractivity contribution in [2.45, 2.75) is 25.2 Å². The van der Waals surface area contributed by atoms with Crippen molar-refractivity contribution in [3.8, 4) is 5.75 Å². The van der Waals surface area contributed by atoms with Crippen molar-refractivity contribution in [1.29, 1.82) is 0 Å². The van der Waals surface area contributed by atoms with Crippen LogP contribution in [0.5, 0.6) is 5.75 Å². The molecule has 1 aromatic carbocycles. The van der Waals surface area contributed by atoms with Crippen LogP contribution in [0.3, 0.4) is 0 Å². The van der Waals surface area contributed by atoms with E-state index < -0.39 is 0 Å². The Hall–Kier alpha value is -1.46. The number of hydrogen-bond acceptors (Lipinski definition) is 5. The summed E-state index contributed by atoms with van der Waals surface area (Å²) in [5, 5.41) is 14.1. The molecule has 1 aromatic heterocycles. The van der Waals surface area contributed by atoms with Gasteiger partial charge in [-0.15, -0.1) is 21.5 Å². The average molecular weight is 289 g/mol. The van der Waals surface area contributed by atoms with Crippen molar-refractivity contribution >= 4 is 11.3 Å². The predicted octanol–water partition coefficient (Wildman–Crippen LogP) is 2.41. The van der Waals surface area contributed by atoms with E-state index in [4.69, 9.17) is 4.74 Å². The number of aromatic nitrogens is 2. The molecule has 1 atom stereocenters. The lowest BCUT2D eigenvalue weighted by Gasteiger charge is -2.23. The second-order valence-electron chi connectivity index (χ2n) is 5.06. The lowest BCUT2D eigenvalue weighted by atomic mass is 9.97. The molecule has 3 rings (SSSR count). The van der Waals surface area contributed by atoms with Crippen LogP contribution in [-0.4, -0.2) is 30.4 Å². The second-order valence-corrected chi connectivity index (χ2v) is 6.15. The molecular formula is C15H19N3OS. The Labute approximate surface area is 123 Å². The smallest absolute Gasteiger partial charge is 0.124 e. The molecule has 1 N–H and O–H groups in total. The Morgan fingerprint density at radius 2 is 2.25 bits per heavy atom. The summed E-state index contributed by atoms with van der Waals surface area (Å²) >= 11 is 1.73. The molecule has 0 fully saturated rings. The highest BCUT2D eigenvalue weighted by atomic mass is 32.1. The lowest BCUT2D eigenvalue weighted by Crippen LogP contribution is -2.18. The van der Waals surface area contributed by atoms with Crippen molar-refractivity contribution in [2.24, 2.45) is 0 Å². The standard InChI is InChI=1S/C15H19N3OS/c1-16-8-4-7-14-17-18-15(20-14)12-9-11-5-2-3-6-13(11)19-10-12/h2-3,5-6,12,16H,4,7-10H2,1H3. The topological polar surface area (TPSA) is 47.0 Å². The predicted molar refractivity (Wildman–Crippen MR) is 80.5 cm³/mol. The maximum Gasteiger partial charge on any atom is 0.124 e. The zero-order chi connectivity index (χ0) is 13.8. The van der Waals surface area contributed by atoms with Crippen LogP contribution in [-0.2, 0) is 12.8 Å². The van der Waals surface area contributed by atoms with Crippen molar-refractivity contribution in [2.75, 3.05) is 20.2 Å². The Kier molecular flexibility index (Phi) is 4.28. The largest absolute Gasteiger partial charge is 0.493 e. The number of ether oxygens (including phenoxy) is 1. The molecule has 20 heavy (non-hydrogen) atoms. The van der Waals surface area contributed by atoms with Gasteiger partial charge in [0, 0.05) is 6.42 Å². The summed E-state index contributed by atoms with van der Waals surface area (Å²) in [5.41, 5.74) is 1.27. The summed E-state index contributed by atoms with van der Waals surface area (Å²) in [6.45, 7) is 1.73. The minimum atomic E-state index is 0.348. The second kappa shape index (κ2) is 6.33. The van der Waals surface area contributed by atoms with Crippen molar-refractivity contribution in [3.05, 3.63) is 39.8 Å². The fraction of sp³-hybridized carbons (Fsp3) is 0.467. The molecule has 2 heterocycles. The number of benzene rings is 1. The molecule has 5 heteroatoms. The number of rotatable bonds is 5. The van der Waals surface area contributed by atoms with Crippen molar-refractivity contribution < 1.29 is 4.74 Å². The van der Waals surface area contributed by atoms with E-state index in [0.29, 0.717) is 12.5 Å². The molecular weight excluding hydrogens is 270 g/mol. The van der Waals surface area contributed by atoms with E-state index in [1.807, 2.05) is 19.2 Å². The molecule has 106 valence electrons. The minimum absolute atomic E-state index is 0.348. The summed E-state index contributed by atoms with van der Waals surface area (Å²) in [4.78, 5) is 0. The summed E-state index contributed by atoms with van der Waals surface area (Å²) in [7, 11) is 1.97. The van der Waals surface area contributed by atoms with Crippen LogP contribution in [0.15, 0.2) is 24.3 Å². The van der Waals surface area contributed by atoms with E-state index >= 15 is 0 Å². The lowest BCUT2D eigenvalue weighted by molar-refractivity contribution is 0.262. The Bertz CT molecular complexity index is 570. The van der Waals surface area contributed by atoms with Gasteiger partial charge >= 0.3 is 0 Å². The zero-order valence-corrected chi connectivity index (χ0v) is 12.4. The fourth-order valence-corrected chi connectivity index (χ4v) is 3.40. The number of nitrogens with one attached hydrogen (secondary N) is 1. The molecule has 0 amide bonds. The average Bonchev–Trinajstić information content (AvgIpc) is 2.96. The third-order valence-electron chi connectivity index (χ3n) is 3.53. The van der Waals surface area contributed by atoms with Gasteiger partial charge in [-0.3, -0.25) is 0 Å². The van der Waals surface area contributed by atoms with Gasteiger partial charge in [0.05, 0.1) is 12.5 Å². The van der Waals surface area contributed by atoms with Gasteiger partial charge in [-0.05, 0) is 38.1 Å². The van der Waals surface area contributed by atoms with Crippen molar-refractivity contribution in [1.82, 2.24) is 15.5 Å². The van der Waals surface area contributed by atoms with Gasteiger partial charge in [-0.25, -0.2) is 0 Å². The zero-order valence-electron chi connectivity index (χ0n) is 11.6. The van der Waals surface area contributed by atoms with Crippen molar-refractivity contribution in [3.63, 3.8) is 0 Å². The molecule has 1 unspecified atom stereocenters. The normalized spacial score (nSPS) is 17.6. The third-order valence-corrected chi connectivity index (χ3v) is 4.67. The van der Waals surface area contributed by atoms with Gasteiger partial charge in [0.15, 0.2) is 0 Å². The number of aryl methyl sites for hydroxylation is 1. The first-order valence-electron chi connectivity index (χ1n) is 7.04. The fourth-order valence-electron chi connectivity index (χ4n) is 2.44. The van der Waals surface area contributed by atoms with E-state index in [0.717, 1.165) is 41.6 Å². The molecule has 4 nitrogen and oxygen atoms in total. The molecule has 0 saturated carbocycles. The monoisotopic (exact) mass is 289 g/mol. The number of nitrogens with zero attached hydrogens (tertiary/aromatic N) is 2. The molecule has 0 saturated heterocycles. The SMILES string of the molecule is CNCCCc1nnc(C2COc3ccccc3C2)s1. The first-order valence-corrected chi connectivity index (χ1v) is 7.86. The highest BCUT2D eigenvalue weighted by molar-refractivity contribution is 7.11. The van der Waals surface area contributed by atoms with E-state index in [9.17, 15) is 0 Å². The Morgan fingerprint density at radius 3 is 3.15 bits per heavy atom. The van der Waals surface area contributed by atoms with E-state index in [-0.39, 0.29) is 0 Å². The van der Waals surface area contributed by atoms with Gasteiger partial charge in [-0.2, -0.15) is 0 Å². The Balaban J connectivity index is 1.66. The first kappa shape index (κ1) is 13.5. The van der Waals surface area contributed by atoms with Crippen LogP contribution in [0.25, 0.3) is 0 Å². The van der Waals surface area contributed by atoms with Crippen LogP contribution in [0.4, 0.5) is 0 Å². The third kappa shape index (κ3) is 2.99. The van der Waals surface area contributed by atoms with Gasteiger partial charge in [-0.1, -0.05) is 18.2 Å². The number of fused-ring (bicyclic) bond motifs is 1.